The average Bonchev–Trinajstić information content (AvgIpc) is 2.66. The number of nitrogens with zero attached hydrogens (tertiary/aromatic N) is 1. The minimum atomic E-state index is 0.246. The summed E-state index contributed by atoms with van der Waals surface area (Å²) in [6, 6.07) is 2.54. The molecule has 86 valence electrons. The Morgan fingerprint density at radius 3 is 2.80 bits per heavy atom. The Balaban J connectivity index is 2.55. The minimum Gasteiger partial charge on any atom is -0.396 e. The molecule has 0 aliphatic rings. The molecule has 3 nitrogen and oxygen atoms in total. The zero-order valence-corrected chi connectivity index (χ0v) is 9.90. The lowest BCUT2D eigenvalue weighted by Gasteiger charge is -2.11. The number of hydrogen-bond acceptors (Lipinski definition) is 2. The van der Waals surface area contributed by atoms with Gasteiger partial charge in [0, 0.05) is 31.6 Å². The van der Waals surface area contributed by atoms with Crippen molar-refractivity contribution in [2.75, 3.05) is 13.2 Å². The van der Waals surface area contributed by atoms with Crippen LogP contribution in [-0.4, -0.2) is 22.8 Å². The molecule has 1 rings (SSSR count). The summed E-state index contributed by atoms with van der Waals surface area (Å²) in [6.45, 7) is 8.44. The highest BCUT2D eigenvalue weighted by Crippen LogP contribution is 2.13. The zero-order valence-electron chi connectivity index (χ0n) is 9.90. The van der Waals surface area contributed by atoms with Gasteiger partial charge in [0.05, 0.1) is 0 Å². The van der Waals surface area contributed by atoms with Crippen LogP contribution in [0.3, 0.4) is 0 Å². The molecule has 0 saturated heterocycles. The maximum atomic E-state index is 8.97. The van der Waals surface area contributed by atoms with Crippen LogP contribution in [-0.2, 0) is 6.54 Å². The van der Waals surface area contributed by atoms with Gasteiger partial charge in [0.25, 0.3) is 0 Å². The Morgan fingerprint density at radius 2 is 2.20 bits per heavy atom. The van der Waals surface area contributed by atoms with Gasteiger partial charge in [-0.25, -0.2) is 0 Å². The van der Waals surface area contributed by atoms with Gasteiger partial charge < -0.3 is 15.0 Å². The quantitative estimate of drug-likeness (QED) is 0.751. The molecule has 15 heavy (non-hydrogen) atoms. The molecule has 2 unspecified atom stereocenters. The van der Waals surface area contributed by atoms with Crippen molar-refractivity contribution in [1.82, 2.24) is 9.88 Å². The maximum absolute atomic E-state index is 8.97. The number of rotatable bonds is 6. The lowest BCUT2D eigenvalue weighted by molar-refractivity contribution is 0.223. The van der Waals surface area contributed by atoms with E-state index in [1.54, 1.807) is 0 Å². The van der Waals surface area contributed by atoms with Crippen LogP contribution >= 0.6 is 0 Å². The number of aliphatic hydroxyl groups is 1. The smallest absolute Gasteiger partial charge is 0.0473 e. The second-order valence-electron chi connectivity index (χ2n) is 4.21. The van der Waals surface area contributed by atoms with Crippen LogP contribution < -0.4 is 5.32 Å². The van der Waals surface area contributed by atoms with Gasteiger partial charge in [-0.1, -0.05) is 13.8 Å². The number of nitrogens with one attached hydrogen (secondary N) is 1. The summed E-state index contributed by atoms with van der Waals surface area (Å²) in [5.74, 6) is 0.319. The van der Waals surface area contributed by atoms with E-state index >= 15 is 0 Å². The first-order valence-electron chi connectivity index (χ1n) is 5.67. The number of aromatic nitrogens is 1. The van der Waals surface area contributed by atoms with Crippen molar-refractivity contribution < 1.29 is 5.11 Å². The first kappa shape index (κ1) is 12.3. The molecule has 0 aliphatic heterocycles. The van der Waals surface area contributed by atoms with Gasteiger partial charge in [-0.15, -0.1) is 0 Å². The van der Waals surface area contributed by atoms with Gasteiger partial charge in [-0.05, 0) is 31.0 Å². The molecule has 2 N–H and O–H groups in total. The van der Waals surface area contributed by atoms with E-state index in [0.29, 0.717) is 12.0 Å². The molecular formula is C12H22N2O. The lowest BCUT2D eigenvalue weighted by Crippen LogP contribution is -2.17. The molecule has 1 aromatic rings. The van der Waals surface area contributed by atoms with Crippen LogP contribution in [0.4, 0.5) is 0 Å². The first-order chi connectivity index (χ1) is 7.17. The third kappa shape index (κ3) is 3.68. The summed E-state index contributed by atoms with van der Waals surface area (Å²) in [7, 11) is 0. The van der Waals surface area contributed by atoms with Gasteiger partial charge in [-0.2, -0.15) is 0 Å². The fraction of sp³-hybridized carbons (Fsp3) is 0.667. The van der Waals surface area contributed by atoms with Crippen molar-refractivity contribution in [3.05, 3.63) is 24.0 Å². The fourth-order valence-electron chi connectivity index (χ4n) is 1.67. The first-order valence-corrected chi connectivity index (χ1v) is 5.67. The summed E-state index contributed by atoms with van der Waals surface area (Å²) in [5, 5.41) is 12.4. The Labute approximate surface area is 92.1 Å². The number of hydrogen-bond donors (Lipinski definition) is 2. The fourth-order valence-corrected chi connectivity index (χ4v) is 1.67. The predicted molar refractivity (Wildman–Crippen MR) is 62.8 cm³/mol. The van der Waals surface area contributed by atoms with Gasteiger partial charge in [0.2, 0.25) is 0 Å². The topological polar surface area (TPSA) is 37.2 Å². The van der Waals surface area contributed by atoms with E-state index in [1.165, 1.54) is 5.56 Å². The Hall–Kier alpha value is -0.800. The van der Waals surface area contributed by atoms with E-state index in [4.69, 9.17) is 5.11 Å². The highest BCUT2D eigenvalue weighted by Gasteiger charge is 2.06. The van der Waals surface area contributed by atoms with Crippen molar-refractivity contribution in [3.8, 4) is 0 Å². The van der Waals surface area contributed by atoms with Crippen LogP contribution in [0.5, 0.6) is 0 Å². The van der Waals surface area contributed by atoms with Crippen LogP contribution in [0.2, 0.25) is 0 Å². The standard InChI is InChI=1S/C12H22N2O/c1-4-13-11(3)12-5-6-14(8-12)7-10(2)9-15/h5-6,8,10-11,13,15H,4,7,9H2,1-3H3. The average molecular weight is 210 g/mol. The summed E-state index contributed by atoms with van der Waals surface area (Å²) in [4.78, 5) is 0. The van der Waals surface area contributed by atoms with Crippen LogP contribution in [0.1, 0.15) is 32.4 Å². The molecule has 0 spiro atoms. The predicted octanol–water partition coefficient (Wildman–Crippen LogP) is 1.79. The molecule has 0 saturated carbocycles. The van der Waals surface area contributed by atoms with Crippen molar-refractivity contribution >= 4 is 0 Å². The second-order valence-corrected chi connectivity index (χ2v) is 4.21. The molecule has 0 fully saturated rings. The molecule has 0 bridgehead atoms. The maximum Gasteiger partial charge on any atom is 0.0473 e. The van der Waals surface area contributed by atoms with Crippen LogP contribution in [0.25, 0.3) is 0 Å². The molecule has 0 aromatic carbocycles. The molecule has 0 amide bonds. The van der Waals surface area contributed by atoms with E-state index in [-0.39, 0.29) is 6.61 Å². The third-order valence-corrected chi connectivity index (χ3v) is 2.62. The molecular weight excluding hydrogens is 188 g/mol. The minimum absolute atomic E-state index is 0.246. The van der Waals surface area contributed by atoms with Crippen LogP contribution in [0, 0.1) is 5.92 Å². The second kappa shape index (κ2) is 5.93. The monoisotopic (exact) mass is 210 g/mol. The van der Waals surface area contributed by atoms with Gasteiger partial charge in [0.15, 0.2) is 0 Å². The highest BCUT2D eigenvalue weighted by molar-refractivity contribution is 5.14. The SMILES string of the molecule is CCNC(C)c1ccn(CC(C)CO)c1. The van der Waals surface area contributed by atoms with Gasteiger partial charge >= 0.3 is 0 Å². The zero-order chi connectivity index (χ0) is 11.3. The molecule has 0 aliphatic carbocycles. The van der Waals surface area contributed by atoms with Crippen molar-refractivity contribution in [3.63, 3.8) is 0 Å². The van der Waals surface area contributed by atoms with Crippen LogP contribution in [0.15, 0.2) is 18.5 Å². The Morgan fingerprint density at radius 1 is 1.47 bits per heavy atom. The summed E-state index contributed by atoms with van der Waals surface area (Å²) in [6.07, 6.45) is 4.23. The normalized spacial score (nSPS) is 15.2. The van der Waals surface area contributed by atoms with Gasteiger partial charge in [-0.3, -0.25) is 0 Å². The van der Waals surface area contributed by atoms with Crippen molar-refractivity contribution in [2.45, 2.75) is 33.4 Å². The van der Waals surface area contributed by atoms with Crippen molar-refractivity contribution in [2.24, 2.45) is 5.92 Å². The Bertz CT molecular complexity index is 283. The van der Waals surface area contributed by atoms with E-state index in [9.17, 15) is 0 Å². The van der Waals surface area contributed by atoms with E-state index in [1.807, 2.05) is 6.92 Å². The van der Waals surface area contributed by atoms with Gasteiger partial charge in [0.1, 0.15) is 0 Å². The highest BCUT2D eigenvalue weighted by atomic mass is 16.3. The van der Waals surface area contributed by atoms with E-state index in [0.717, 1.165) is 13.1 Å². The van der Waals surface area contributed by atoms with E-state index in [2.05, 4.69) is 42.2 Å². The molecule has 3 heteroatoms. The molecule has 2 atom stereocenters. The lowest BCUT2D eigenvalue weighted by atomic mass is 10.2. The largest absolute Gasteiger partial charge is 0.396 e. The van der Waals surface area contributed by atoms with E-state index < -0.39 is 0 Å². The summed E-state index contributed by atoms with van der Waals surface area (Å²) < 4.78 is 2.14. The Kier molecular flexibility index (Phi) is 4.85. The third-order valence-electron chi connectivity index (χ3n) is 2.62. The molecule has 0 radical (unpaired) electrons. The summed E-state index contributed by atoms with van der Waals surface area (Å²) >= 11 is 0. The van der Waals surface area contributed by atoms with Crippen molar-refractivity contribution in [1.29, 1.82) is 0 Å². The molecule has 1 aromatic heterocycles. The molecule has 1 heterocycles. The number of aliphatic hydroxyl groups excluding tert-OH is 1. The summed E-state index contributed by atoms with van der Waals surface area (Å²) in [5.41, 5.74) is 1.31.